The highest BCUT2D eigenvalue weighted by Crippen LogP contribution is 2.28. The van der Waals surface area contributed by atoms with Crippen molar-refractivity contribution >= 4 is 32.5 Å². The molecule has 10 heteroatoms. The van der Waals surface area contributed by atoms with Crippen molar-refractivity contribution < 1.29 is 17.6 Å². The molecule has 0 aliphatic carbocycles. The number of carbonyl (C=O) groups excluding carboxylic acids is 1. The van der Waals surface area contributed by atoms with Gasteiger partial charge in [0.05, 0.1) is 34.4 Å². The Morgan fingerprint density at radius 3 is 2.79 bits per heavy atom. The summed E-state index contributed by atoms with van der Waals surface area (Å²) in [5, 5.41) is 7.30. The molecule has 33 heavy (non-hydrogen) atoms. The van der Waals surface area contributed by atoms with Gasteiger partial charge in [-0.05, 0) is 54.4 Å². The first-order valence-electron chi connectivity index (χ1n) is 10.3. The summed E-state index contributed by atoms with van der Waals surface area (Å²) in [4.78, 5) is 18.0. The van der Waals surface area contributed by atoms with E-state index in [1.165, 1.54) is 25.2 Å². The fourth-order valence-electron chi connectivity index (χ4n) is 4.04. The molecular formula is C23H20FN5O3S. The Labute approximate surface area is 189 Å². The number of anilines is 1. The summed E-state index contributed by atoms with van der Waals surface area (Å²) in [5.41, 5.74) is 2.58. The zero-order valence-corrected chi connectivity index (χ0v) is 18.5. The first-order chi connectivity index (χ1) is 15.9. The first-order valence-corrected chi connectivity index (χ1v) is 11.8. The lowest BCUT2D eigenvalue weighted by Crippen LogP contribution is -2.33. The Morgan fingerprint density at radius 2 is 2.00 bits per heavy atom. The zero-order chi connectivity index (χ0) is 23.2. The number of nitrogens with one attached hydrogen (secondary N) is 1. The predicted molar refractivity (Wildman–Crippen MR) is 121 cm³/mol. The number of hydrogen-bond acceptors (Lipinski definition) is 6. The van der Waals surface area contributed by atoms with Crippen molar-refractivity contribution in [2.45, 2.75) is 17.9 Å². The number of halogens is 1. The van der Waals surface area contributed by atoms with E-state index < -0.39 is 21.7 Å². The second kappa shape index (κ2) is 7.96. The van der Waals surface area contributed by atoms with Crippen molar-refractivity contribution in [2.24, 2.45) is 0 Å². The van der Waals surface area contributed by atoms with Crippen LogP contribution in [0.2, 0.25) is 0 Å². The fraction of sp³-hybridized carbons (Fsp3) is 0.174. The number of hydrogen-bond donors (Lipinski definition) is 1. The standard InChI is InChI=1S/C23H20FN5O3S/c1-25-23(30)19-6-4-17(12-20(19)24)28-10-8-16-13-27-29(22(16)14-28)33(31,32)18-5-7-21-15(11-18)3-2-9-26-21/h2-7,9,11-13H,8,10,14H2,1H3,(H,25,30). The Balaban J connectivity index is 1.49. The van der Waals surface area contributed by atoms with Crippen LogP contribution >= 0.6 is 0 Å². The van der Waals surface area contributed by atoms with E-state index in [4.69, 9.17) is 0 Å². The van der Waals surface area contributed by atoms with E-state index in [0.717, 1.165) is 9.65 Å². The van der Waals surface area contributed by atoms with Crippen LogP contribution in [0.1, 0.15) is 21.6 Å². The molecule has 0 radical (unpaired) electrons. The number of benzene rings is 2. The Bertz CT molecular complexity index is 1500. The fourth-order valence-corrected chi connectivity index (χ4v) is 5.39. The minimum absolute atomic E-state index is 0.0441. The van der Waals surface area contributed by atoms with E-state index in [1.54, 1.807) is 42.7 Å². The number of pyridine rings is 1. The van der Waals surface area contributed by atoms with Crippen molar-refractivity contribution in [3.8, 4) is 0 Å². The number of aromatic nitrogens is 3. The van der Waals surface area contributed by atoms with E-state index in [1.807, 2.05) is 4.90 Å². The van der Waals surface area contributed by atoms with Gasteiger partial charge in [0.25, 0.3) is 15.9 Å². The van der Waals surface area contributed by atoms with Crippen LogP contribution in [0.25, 0.3) is 10.9 Å². The molecule has 4 aromatic rings. The minimum atomic E-state index is -3.94. The lowest BCUT2D eigenvalue weighted by atomic mass is 10.1. The average molecular weight is 466 g/mol. The van der Waals surface area contributed by atoms with Crippen LogP contribution in [0.15, 0.2) is 65.8 Å². The number of nitrogens with zero attached hydrogens (tertiary/aromatic N) is 4. The van der Waals surface area contributed by atoms with E-state index >= 15 is 0 Å². The highest BCUT2D eigenvalue weighted by Gasteiger charge is 2.28. The minimum Gasteiger partial charge on any atom is -0.365 e. The molecule has 5 rings (SSSR count). The summed E-state index contributed by atoms with van der Waals surface area (Å²) < 4.78 is 42.4. The van der Waals surface area contributed by atoms with Gasteiger partial charge in [-0.15, -0.1) is 0 Å². The maximum absolute atomic E-state index is 14.5. The number of amides is 1. The molecule has 1 aliphatic heterocycles. The van der Waals surface area contributed by atoms with Crippen LogP contribution in [0.3, 0.4) is 0 Å². The molecule has 0 unspecified atom stereocenters. The maximum Gasteiger partial charge on any atom is 0.283 e. The van der Waals surface area contributed by atoms with Gasteiger partial charge in [0, 0.05) is 30.9 Å². The second-order valence-corrected chi connectivity index (χ2v) is 9.50. The summed E-state index contributed by atoms with van der Waals surface area (Å²) in [6, 6.07) is 12.7. The number of rotatable bonds is 4. The van der Waals surface area contributed by atoms with Gasteiger partial charge in [-0.1, -0.05) is 6.07 Å². The monoisotopic (exact) mass is 465 g/mol. The molecule has 2 aromatic heterocycles. The van der Waals surface area contributed by atoms with Gasteiger partial charge >= 0.3 is 0 Å². The molecule has 168 valence electrons. The second-order valence-electron chi connectivity index (χ2n) is 7.74. The van der Waals surface area contributed by atoms with Crippen molar-refractivity contribution in [3.05, 3.63) is 83.6 Å². The molecule has 3 heterocycles. The summed E-state index contributed by atoms with van der Waals surface area (Å²) in [6.45, 7) is 0.807. The lowest BCUT2D eigenvalue weighted by Gasteiger charge is -2.29. The third kappa shape index (κ3) is 3.62. The average Bonchev–Trinajstić information content (AvgIpc) is 3.27. The van der Waals surface area contributed by atoms with Crippen molar-refractivity contribution in [2.75, 3.05) is 18.5 Å². The summed E-state index contributed by atoms with van der Waals surface area (Å²) in [5.74, 6) is -1.14. The molecule has 0 saturated carbocycles. The molecular weight excluding hydrogens is 445 g/mol. The molecule has 8 nitrogen and oxygen atoms in total. The lowest BCUT2D eigenvalue weighted by molar-refractivity contribution is 0.0959. The number of carbonyl (C=O) groups is 1. The van der Waals surface area contributed by atoms with Crippen LogP contribution in [0.5, 0.6) is 0 Å². The molecule has 0 spiro atoms. The van der Waals surface area contributed by atoms with E-state index in [9.17, 15) is 17.6 Å². The highest BCUT2D eigenvalue weighted by molar-refractivity contribution is 7.89. The SMILES string of the molecule is CNC(=O)c1ccc(N2CCc3cnn(S(=O)(=O)c4ccc5ncccc5c4)c3C2)cc1F. The Morgan fingerprint density at radius 1 is 1.15 bits per heavy atom. The maximum atomic E-state index is 14.5. The number of fused-ring (bicyclic) bond motifs is 2. The van der Waals surface area contributed by atoms with Gasteiger partial charge in [-0.3, -0.25) is 9.78 Å². The largest absolute Gasteiger partial charge is 0.365 e. The van der Waals surface area contributed by atoms with Crippen LogP contribution in [-0.4, -0.2) is 42.1 Å². The van der Waals surface area contributed by atoms with E-state index in [2.05, 4.69) is 15.4 Å². The van der Waals surface area contributed by atoms with Gasteiger partial charge in [0.15, 0.2) is 0 Å². The summed E-state index contributed by atoms with van der Waals surface area (Å²) >= 11 is 0. The molecule has 0 atom stereocenters. The van der Waals surface area contributed by atoms with Crippen LogP contribution in [0, 0.1) is 5.82 Å². The smallest absolute Gasteiger partial charge is 0.283 e. The van der Waals surface area contributed by atoms with Crippen LogP contribution in [0.4, 0.5) is 10.1 Å². The molecule has 1 N–H and O–H groups in total. The topological polar surface area (TPSA) is 97.2 Å². The predicted octanol–water partition coefficient (Wildman–Crippen LogP) is 2.73. The Hall–Kier alpha value is -3.79. The van der Waals surface area contributed by atoms with Gasteiger partial charge in [-0.25, -0.2) is 4.39 Å². The van der Waals surface area contributed by atoms with Crippen LogP contribution in [-0.2, 0) is 23.0 Å². The van der Waals surface area contributed by atoms with E-state index in [-0.39, 0.29) is 17.0 Å². The molecule has 0 bridgehead atoms. The Kier molecular flexibility index (Phi) is 5.09. The summed E-state index contributed by atoms with van der Waals surface area (Å²) in [6.07, 6.45) is 3.78. The third-order valence-electron chi connectivity index (χ3n) is 5.80. The normalized spacial score (nSPS) is 13.7. The molecule has 1 amide bonds. The highest BCUT2D eigenvalue weighted by atomic mass is 32.2. The quantitative estimate of drug-likeness (QED) is 0.498. The summed E-state index contributed by atoms with van der Waals surface area (Å²) in [7, 11) is -2.50. The molecule has 2 aromatic carbocycles. The van der Waals surface area contributed by atoms with Gasteiger partial charge in [0.2, 0.25) is 0 Å². The van der Waals surface area contributed by atoms with Crippen molar-refractivity contribution in [3.63, 3.8) is 0 Å². The van der Waals surface area contributed by atoms with E-state index in [0.29, 0.717) is 35.2 Å². The molecule has 0 fully saturated rings. The zero-order valence-electron chi connectivity index (χ0n) is 17.7. The van der Waals surface area contributed by atoms with Crippen molar-refractivity contribution in [1.29, 1.82) is 0 Å². The third-order valence-corrected chi connectivity index (χ3v) is 7.42. The van der Waals surface area contributed by atoms with Crippen molar-refractivity contribution in [1.82, 2.24) is 19.5 Å². The molecule has 1 aliphatic rings. The van der Waals surface area contributed by atoms with Gasteiger partial charge in [-0.2, -0.15) is 17.6 Å². The molecule has 0 saturated heterocycles. The van der Waals surface area contributed by atoms with Crippen LogP contribution < -0.4 is 10.2 Å². The van der Waals surface area contributed by atoms with Gasteiger partial charge < -0.3 is 10.2 Å². The van der Waals surface area contributed by atoms with Gasteiger partial charge in [0.1, 0.15) is 5.82 Å². The first kappa shape index (κ1) is 21.1.